The van der Waals surface area contributed by atoms with E-state index >= 15 is 0 Å². The van der Waals surface area contributed by atoms with Gasteiger partial charge in [-0.2, -0.15) is 0 Å². The highest BCUT2D eigenvalue weighted by Crippen LogP contribution is 2.30. The van der Waals surface area contributed by atoms with Crippen molar-refractivity contribution in [2.24, 2.45) is 0 Å². The van der Waals surface area contributed by atoms with E-state index in [9.17, 15) is 4.79 Å². The molecule has 0 radical (unpaired) electrons. The quantitative estimate of drug-likeness (QED) is 0.606. The molecule has 0 unspecified atom stereocenters. The van der Waals surface area contributed by atoms with Crippen LogP contribution in [0.1, 0.15) is 11.1 Å². The van der Waals surface area contributed by atoms with Gasteiger partial charge in [-0.1, -0.05) is 29.3 Å². The molecule has 2 aromatic carbocycles. The molecule has 2 heterocycles. The van der Waals surface area contributed by atoms with Crippen molar-refractivity contribution in [3.63, 3.8) is 0 Å². The second-order valence-electron chi connectivity index (χ2n) is 6.65. The van der Waals surface area contributed by atoms with Crippen molar-refractivity contribution in [2.75, 3.05) is 31.2 Å². The Morgan fingerprint density at radius 2 is 1.86 bits per heavy atom. The van der Waals surface area contributed by atoms with E-state index < -0.39 is 0 Å². The lowest BCUT2D eigenvalue weighted by atomic mass is 10.1. The van der Waals surface area contributed by atoms with Crippen LogP contribution in [0.5, 0.6) is 5.75 Å². The Hall–Kier alpha value is -2.21. The maximum absolute atomic E-state index is 12.6. The lowest BCUT2D eigenvalue weighted by Crippen LogP contribution is -2.36. The van der Waals surface area contributed by atoms with Gasteiger partial charge in [-0.05, 0) is 36.8 Å². The van der Waals surface area contributed by atoms with E-state index in [1.807, 2.05) is 17.9 Å². The minimum Gasteiger partial charge on any atom is -0.488 e. The first-order valence-electron chi connectivity index (χ1n) is 9.00. The average molecular weight is 420 g/mol. The average Bonchev–Trinajstić information content (AvgIpc) is 2.71. The second-order valence-corrected chi connectivity index (χ2v) is 7.47. The van der Waals surface area contributed by atoms with Crippen LogP contribution >= 0.6 is 23.2 Å². The monoisotopic (exact) mass is 419 g/mol. The molecule has 0 aliphatic carbocycles. The molecule has 4 rings (SSSR count). The standard InChI is InChI=1S/C21H19Cl2NO4/c1-13-19(27-12-14-2-4-16(22)17(23)10-14)5-3-15-18(25)11-20(28-21(13)15)24-6-8-26-9-7-24/h2-5,10-11H,6-9,12H2,1H3. The summed E-state index contributed by atoms with van der Waals surface area (Å²) < 4.78 is 17.4. The maximum atomic E-state index is 12.6. The summed E-state index contributed by atoms with van der Waals surface area (Å²) in [4.78, 5) is 14.6. The molecule has 0 spiro atoms. The first-order valence-corrected chi connectivity index (χ1v) is 9.75. The third-order valence-corrected chi connectivity index (χ3v) is 5.52. The molecule has 1 aromatic heterocycles. The molecule has 146 valence electrons. The molecular weight excluding hydrogens is 401 g/mol. The van der Waals surface area contributed by atoms with Crippen molar-refractivity contribution in [1.82, 2.24) is 0 Å². The van der Waals surface area contributed by atoms with Crippen LogP contribution in [0.15, 0.2) is 45.6 Å². The van der Waals surface area contributed by atoms with Gasteiger partial charge in [0.1, 0.15) is 17.9 Å². The normalized spacial score (nSPS) is 14.5. The highest BCUT2D eigenvalue weighted by atomic mass is 35.5. The molecule has 0 bridgehead atoms. The fourth-order valence-electron chi connectivity index (χ4n) is 3.21. The van der Waals surface area contributed by atoms with Gasteiger partial charge in [0.05, 0.1) is 28.6 Å². The van der Waals surface area contributed by atoms with Crippen LogP contribution in [0.3, 0.4) is 0 Å². The summed E-state index contributed by atoms with van der Waals surface area (Å²) in [5.41, 5.74) is 2.16. The summed E-state index contributed by atoms with van der Waals surface area (Å²) in [6.45, 7) is 4.85. The zero-order valence-electron chi connectivity index (χ0n) is 15.3. The lowest BCUT2D eigenvalue weighted by Gasteiger charge is -2.27. The fourth-order valence-corrected chi connectivity index (χ4v) is 3.53. The number of hydrogen-bond donors (Lipinski definition) is 0. The summed E-state index contributed by atoms with van der Waals surface area (Å²) in [5.74, 6) is 1.21. The summed E-state index contributed by atoms with van der Waals surface area (Å²) in [7, 11) is 0. The van der Waals surface area contributed by atoms with Crippen LogP contribution < -0.4 is 15.1 Å². The van der Waals surface area contributed by atoms with Crippen molar-refractivity contribution in [3.8, 4) is 5.75 Å². The molecule has 28 heavy (non-hydrogen) atoms. The molecule has 3 aromatic rings. The van der Waals surface area contributed by atoms with Crippen molar-refractivity contribution in [1.29, 1.82) is 0 Å². The topological polar surface area (TPSA) is 51.9 Å². The largest absolute Gasteiger partial charge is 0.488 e. The summed E-state index contributed by atoms with van der Waals surface area (Å²) >= 11 is 12.0. The van der Waals surface area contributed by atoms with E-state index in [4.69, 9.17) is 37.1 Å². The van der Waals surface area contributed by atoms with E-state index in [1.165, 1.54) is 0 Å². The number of fused-ring (bicyclic) bond motifs is 1. The number of halogens is 2. The Morgan fingerprint density at radius 3 is 2.61 bits per heavy atom. The van der Waals surface area contributed by atoms with Crippen LogP contribution in [0, 0.1) is 6.92 Å². The van der Waals surface area contributed by atoms with Gasteiger partial charge in [0.15, 0.2) is 11.3 Å². The van der Waals surface area contributed by atoms with Crippen LogP contribution in [-0.2, 0) is 11.3 Å². The zero-order chi connectivity index (χ0) is 19.7. The van der Waals surface area contributed by atoms with Gasteiger partial charge in [0.25, 0.3) is 0 Å². The number of nitrogens with zero attached hydrogens (tertiary/aromatic N) is 1. The molecular formula is C21H19Cl2NO4. The number of anilines is 1. The number of benzene rings is 2. The number of ether oxygens (including phenoxy) is 2. The first-order chi connectivity index (χ1) is 13.5. The molecule has 1 aliphatic rings. The Labute approximate surface area is 172 Å². The highest BCUT2D eigenvalue weighted by Gasteiger charge is 2.17. The summed E-state index contributed by atoms with van der Waals surface area (Å²) in [6.07, 6.45) is 0. The lowest BCUT2D eigenvalue weighted by molar-refractivity contribution is 0.121. The van der Waals surface area contributed by atoms with Gasteiger partial charge in [0, 0.05) is 24.7 Å². The number of morpholine rings is 1. The smallest absolute Gasteiger partial charge is 0.200 e. The van der Waals surface area contributed by atoms with E-state index in [-0.39, 0.29) is 5.43 Å². The van der Waals surface area contributed by atoms with E-state index in [0.717, 1.165) is 11.1 Å². The van der Waals surface area contributed by atoms with E-state index in [1.54, 1.807) is 30.3 Å². The Kier molecular flexibility index (Phi) is 5.49. The third kappa shape index (κ3) is 3.83. The molecule has 0 atom stereocenters. The molecule has 5 nitrogen and oxygen atoms in total. The summed E-state index contributed by atoms with van der Waals surface area (Å²) in [6, 6.07) is 10.5. The predicted molar refractivity (Wildman–Crippen MR) is 111 cm³/mol. The highest BCUT2D eigenvalue weighted by molar-refractivity contribution is 6.42. The van der Waals surface area contributed by atoms with Gasteiger partial charge >= 0.3 is 0 Å². The number of rotatable bonds is 4. The van der Waals surface area contributed by atoms with Crippen molar-refractivity contribution < 1.29 is 13.9 Å². The van der Waals surface area contributed by atoms with Gasteiger partial charge < -0.3 is 18.8 Å². The van der Waals surface area contributed by atoms with E-state index in [0.29, 0.717) is 65.6 Å². The van der Waals surface area contributed by atoms with Crippen LogP contribution in [-0.4, -0.2) is 26.3 Å². The Balaban J connectivity index is 1.64. The molecule has 1 fully saturated rings. The fraction of sp³-hybridized carbons (Fsp3) is 0.286. The Morgan fingerprint density at radius 1 is 1.07 bits per heavy atom. The molecule has 1 saturated heterocycles. The van der Waals surface area contributed by atoms with Crippen LogP contribution in [0.2, 0.25) is 10.0 Å². The van der Waals surface area contributed by atoms with Crippen molar-refractivity contribution >= 4 is 40.1 Å². The molecule has 0 amide bonds. The van der Waals surface area contributed by atoms with E-state index in [2.05, 4.69) is 0 Å². The predicted octanol–water partition coefficient (Wildman–Crippen LogP) is 4.82. The molecule has 7 heteroatoms. The Bertz CT molecular complexity index is 1070. The molecule has 1 aliphatic heterocycles. The van der Waals surface area contributed by atoms with Gasteiger partial charge in [-0.3, -0.25) is 4.79 Å². The number of hydrogen-bond acceptors (Lipinski definition) is 5. The van der Waals surface area contributed by atoms with Crippen molar-refractivity contribution in [3.05, 3.63) is 67.8 Å². The minimum absolute atomic E-state index is 0.0677. The minimum atomic E-state index is -0.0677. The van der Waals surface area contributed by atoms with Gasteiger partial charge in [-0.25, -0.2) is 0 Å². The van der Waals surface area contributed by atoms with Gasteiger partial charge in [0.2, 0.25) is 0 Å². The summed E-state index contributed by atoms with van der Waals surface area (Å²) in [5, 5.41) is 1.53. The van der Waals surface area contributed by atoms with Crippen molar-refractivity contribution in [2.45, 2.75) is 13.5 Å². The zero-order valence-corrected chi connectivity index (χ0v) is 16.8. The van der Waals surface area contributed by atoms with Crippen LogP contribution in [0.25, 0.3) is 11.0 Å². The SMILES string of the molecule is Cc1c(OCc2ccc(Cl)c(Cl)c2)ccc2c(=O)cc(N3CCOCC3)oc12. The number of aryl methyl sites for hydroxylation is 1. The maximum Gasteiger partial charge on any atom is 0.200 e. The molecule has 0 saturated carbocycles. The van der Waals surface area contributed by atoms with Crippen LogP contribution in [0.4, 0.5) is 5.88 Å². The second kappa shape index (κ2) is 8.03. The first kappa shape index (κ1) is 19.1. The molecule has 0 N–H and O–H groups in total. The van der Waals surface area contributed by atoms with Gasteiger partial charge in [-0.15, -0.1) is 0 Å². The third-order valence-electron chi connectivity index (χ3n) is 4.78.